The van der Waals surface area contributed by atoms with Gasteiger partial charge in [0.25, 0.3) is 0 Å². The van der Waals surface area contributed by atoms with Gasteiger partial charge in [0.15, 0.2) is 0 Å². The second kappa shape index (κ2) is 4.96. The van der Waals surface area contributed by atoms with E-state index in [1.807, 2.05) is 0 Å². The van der Waals surface area contributed by atoms with E-state index in [0.29, 0.717) is 6.54 Å². The largest absolute Gasteiger partial charge is 0.347 e. The summed E-state index contributed by atoms with van der Waals surface area (Å²) >= 11 is 1.76. The Morgan fingerprint density at radius 3 is 2.83 bits per heavy atom. The molecule has 0 bridgehead atoms. The van der Waals surface area contributed by atoms with Crippen molar-refractivity contribution in [2.45, 2.75) is 19.5 Å². The molecule has 0 radical (unpaired) electrons. The summed E-state index contributed by atoms with van der Waals surface area (Å²) in [5.74, 6) is 0. The van der Waals surface area contributed by atoms with Crippen LogP contribution in [0.25, 0.3) is 10.9 Å². The molecule has 0 saturated carbocycles. The van der Waals surface area contributed by atoms with E-state index < -0.39 is 0 Å². The molecule has 0 unspecified atom stereocenters. The number of aromatic nitrogens is 1. The predicted molar refractivity (Wildman–Crippen MR) is 77.9 cm³/mol. The molecule has 0 fully saturated rings. The molecule has 0 aliphatic heterocycles. The third-order valence-electron chi connectivity index (χ3n) is 3.30. The molecule has 2 nitrogen and oxygen atoms in total. The first-order chi connectivity index (χ1) is 8.86. The average molecular weight is 256 g/mol. The van der Waals surface area contributed by atoms with Crippen LogP contribution in [-0.4, -0.2) is 4.57 Å². The Morgan fingerprint density at radius 1 is 1.11 bits per heavy atom. The van der Waals surface area contributed by atoms with Gasteiger partial charge >= 0.3 is 0 Å². The van der Waals surface area contributed by atoms with Crippen molar-refractivity contribution in [3.8, 4) is 0 Å². The molecule has 0 aliphatic rings. The number of nitrogens with two attached hydrogens (primary N) is 1. The van der Waals surface area contributed by atoms with Crippen LogP contribution in [-0.2, 0) is 19.5 Å². The molecule has 2 aromatic heterocycles. The first-order valence-corrected chi connectivity index (χ1v) is 7.10. The fourth-order valence-corrected chi connectivity index (χ4v) is 2.94. The van der Waals surface area contributed by atoms with Crippen molar-refractivity contribution in [3.63, 3.8) is 0 Å². The first-order valence-electron chi connectivity index (χ1n) is 6.16. The molecule has 18 heavy (non-hydrogen) atoms. The first kappa shape index (κ1) is 11.5. The van der Waals surface area contributed by atoms with Gasteiger partial charge in [-0.3, -0.25) is 0 Å². The van der Waals surface area contributed by atoms with Gasteiger partial charge in [-0.05, 0) is 51.9 Å². The normalized spacial score (nSPS) is 11.2. The maximum atomic E-state index is 5.70. The summed E-state index contributed by atoms with van der Waals surface area (Å²) < 4.78 is 2.31. The van der Waals surface area contributed by atoms with Crippen LogP contribution in [0.2, 0.25) is 0 Å². The Hall–Kier alpha value is -1.58. The van der Waals surface area contributed by atoms with Crippen LogP contribution in [0, 0.1) is 0 Å². The SMILES string of the molecule is NCc1ccc2ccn(CCc3ccsc3)c2c1. The minimum absolute atomic E-state index is 0.603. The molecule has 0 spiro atoms. The van der Waals surface area contributed by atoms with E-state index in [9.17, 15) is 0 Å². The second-order valence-electron chi connectivity index (χ2n) is 4.49. The molecular formula is C15H16N2S. The molecule has 0 aliphatic carbocycles. The zero-order chi connectivity index (χ0) is 12.4. The number of fused-ring (bicyclic) bond motifs is 1. The van der Waals surface area contributed by atoms with Gasteiger partial charge in [0.2, 0.25) is 0 Å². The topological polar surface area (TPSA) is 30.9 Å². The maximum absolute atomic E-state index is 5.70. The van der Waals surface area contributed by atoms with Crippen LogP contribution in [0.1, 0.15) is 11.1 Å². The van der Waals surface area contributed by atoms with Crippen LogP contribution in [0.15, 0.2) is 47.3 Å². The van der Waals surface area contributed by atoms with E-state index >= 15 is 0 Å². The van der Waals surface area contributed by atoms with Gasteiger partial charge in [-0.25, -0.2) is 0 Å². The third kappa shape index (κ3) is 2.19. The molecule has 3 aromatic rings. The number of thiophene rings is 1. The lowest BCUT2D eigenvalue weighted by Gasteiger charge is -2.05. The summed E-state index contributed by atoms with van der Waals surface area (Å²) in [6.07, 6.45) is 3.25. The molecular weight excluding hydrogens is 240 g/mol. The number of aryl methyl sites for hydroxylation is 2. The number of benzene rings is 1. The van der Waals surface area contributed by atoms with E-state index in [4.69, 9.17) is 5.73 Å². The summed E-state index contributed by atoms with van der Waals surface area (Å²) in [6.45, 7) is 1.62. The standard InChI is InChI=1S/C15H16N2S/c16-10-13-1-2-14-4-7-17(15(14)9-13)6-3-12-5-8-18-11-12/h1-2,4-5,7-9,11H,3,6,10,16H2. The number of hydrogen-bond donors (Lipinski definition) is 1. The maximum Gasteiger partial charge on any atom is 0.0483 e. The van der Waals surface area contributed by atoms with Gasteiger partial charge in [-0.2, -0.15) is 11.3 Å². The smallest absolute Gasteiger partial charge is 0.0483 e. The molecule has 1 aromatic carbocycles. The van der Waals surface area contributed by atoms with Crippen LogP contribution in [0.3, 0.4) is 0 Å². The lowest BCUT2D eigenvalue weighted by Crippen LogP contribution is -2.00. The highest BCUT2D eigenvalue weighted by molar-refractivity contribution is 7.07. The van der Waals surface area contributed by atoms with Crippen LogP contribution >= 0.6 is 11.3 Å². The van der Waals surface area contributed by atoms with Crippen molar-refractivity contribution in [1.82, 2.24) is 4.57 Å². The van der Waals surface area contributed by atoms with Crippen LogP contribution in [0.5, 0.6) is 0 Å². The zero-order valence-electron chi connectivity index (χ0n) is 10.2. The summed E-state index contributed by atoms with van der Waals surface area (Å²) in [7, 11) is 0. The quantitative estimate of drug-likeness (QED) is 0.762. The molecule has 2 heterocycles. The highest BCUT2D eigenvalue weighted by atomic mass is 32.1. The van der Waals surface area contributed by atoms with Crippen molar-refractivity contribution >= 4 is 22.2 Å². The Labute approximate surface area is 111 Å². The van der Waals surface area contributed by atoms with Crippen LogP contribution in [0.4, 0.5) is 0 Å². The number of hydrogen-bond acceptors (Lipinski definition) is 2. The van der Waals surface area contributed by atoms with Crippen molar-refractivity contribution in [2.24, 2.45) is 5.73 Å². The average Bonchev–Trinajstić information content (AvgIpc) is 3.05. The lowest BCUT2D eigenvalue weighted by atomic mass is 10.1. The van der Waals surface area contributed by atoms with E-state index in [-0.39, 0.29) is 0 Å². The Kier molecular flexibility index (Phi) is 3.17. The van der Waals surface area contributed by atoms with Crippen molar-refractivity contribution in [1.29, 1.82) is 0 Å². The number of rotatable bonds is 4. The Bertz CT molecular complexity index is 638. The molecule has 3 heteroatoms. The lowest BCUT2D eigenvalue weighted by molar-refractivity contribution is 0.724. The summed E-state index contributed by atoms with van der Waals surface area (Å²) in [6, 6.07) is 10.8. The summed E-state index contributed by atoms with van der Waals surface area (Å²) in [5, 5.41) is 5.64. The molecule has 92 valence electrons. The minimum Gasteiger partial charge on any atom is -0.347 e. The molecule has 0 saturated heterocycles. The van der Waals surface area contributed by atoms with E-state index in [0.717, 1.165) is 13.0 Å². The van der Waals surface area contributed by atoms with E-state index in [1.165, 1.54) is 22.0 Å². The molecule has 2 N–H and O–H groups in total. The highest BCUT2D eigenvalue weighted by Crippen LogP contribution is 2.18. The van der Waals surface area contributed by atoms with Gasteiger partial charge in [0.1, 0.15) is 0 Å². The summed E-state index contributed by atoms with van der Waals surface area (Å²) in [5.41, 5.74) is 9.59. The predicted octanol–water partition coefficient (Wildman–Crippen LogP) is 3.40. The highest BCUT2D eigenvalue weighted by Gasteiger charge is 2.02. The van der Waals surface area contributed by atoms with Gasteiger partial charge in [0.05, 0.1) is 0 Å². The third-order valence-corrected chi connectivity index (χ3v) is 4.03. The summed E-state index contributed by atoms with van der Waals surface area (Å²) in [4.78, 5) is 0. The van der Waals surface area contributed by atoms with Crippen molar-refractivity contribution < 1.29 is 0 Å². The Balaban J connectivity index is 1.87. The van der Waals surface area contributed by atoms with Gasteiger partial charge in [-0.15, -0.1) is 0 Å². The zero-order valence-corrected chi connectivity index (χ0v) is 11.0. The van der Waals surface area contributed by atoms with Gasteiger partial charge in [-0.1, -0.05) is 12.1 Å². The fourth-order valence-electron chi connectivity index (χ4n) is 2.24. The van der Waals surface area contributed by atoms with E-state index in [1.54, 1.807) is 11.3 Å². The monoisotopic (exact) mass is 256 g/mol. The van der Waals surface area contributed by atoms with Crippen molar-refractivity contribution in [2.75, 3.05) is 0 Å². The molecule has 3 rings (SSSR count). The van der Waals surface area contributed by atoms with Gasteiger partial charge < -0.3 is 10.3 Å². The fraction of sp³-hybridized carbons (Fsp3) is 0.200. The molecule has 0 amide bonds. The van der Waals surface area contributed by atoms with Crippen LogP contribution < -0.4 is 5.73 Å². The molecule has 0 atom stereocenters. The van der Waals surface area contributed by atoms with Crippen molar-refractivity contribution in [3.05, 3.63) is 58.4 Å². The minimum atomic E-state index is 0.603. The van der Waals surface area contributed by atoms with E-state index in [2.05, 4.69) is 51.9 Å². The number of nitrogens with zero attached hydrogens (tertiary/aromatic N) is 1. The van der Waals surface area contributed by atoms with Gasteiger partial charge in [0, 0.05) is 24.8 Å². The Morgan fingerprint density at radius 2 is 2.06 bits per heavy atom. The second-order valence-corrected chi connectivity index (χ2v) is 5.27.